The number of rotatable bonds is 7. The van der Waals surface area contributed by atoms with Gasteiger partial charge >= 0.3 is 5.97 Å². The predicted molar refractivity (Wildman–Crippen MR) is 71.4 cm³/mol. The van der Waals surface area contributed by atoms with Gasteiger partial charge in [-0.25, -0.2) is 0 Å². The van der Waals surface area contributed by atoms with E-state index in [1.807, 2.05) is 13.8 Å². The summed E-state index contributed by atoms with van der Waals surface area (Å²) in [6.45, 7) is 4.79. The molecule has 1 rings (SSSR count). The molecular weight excluding hydrogens is 246 g/mol. The summed E-state index contributed by atoms with van der Waals surface area (Å²) < 4.78 is 5.53. The zero-order valence-electron chi connectivity index (χ0n) is 11.2. The number of hydrogen-bond acceptors (Lipinski definition) is 3. The highest BCUT2D eigenvalue weighted by molar-refractivity contribution is 5.94. The number of ether oxygens (including phenoxy) is 1. The average Bonchev–Trinajstić information content (AvgIpc) is 2.36. The molecule has 0 saturated carbocycles. The molecule has 0 unspecified atom stereocenters. The molecule has 0 heterocycles. The summed E-state index contributed by atoms with van der Waals surface area (Å²) in [4.78, 5) is 22.1. The third-order valence-electron chi connectivity index (χ3n) is 2.30. The summed E-state index contributed by atoms with van der Waals surface area (Å²) in [6.07, 6.45) is -0.0880. The van der Waals surface area contributed by atoms with E-state index >= 15 is 0 Å². The van der Waals surface area contributed by atoms with E-state index in [2.05, 4.69) is 5.32 Å². The molecule has 1 amide bonds. The molecular formula is C14H19NO4. The van der Waals surface area contributed by atoms with E-state index in [-0.39, 0.29) is 18.9 Å². The first kappa shape index (κ1) is 15.0. The zero-order valence-corrected chi connectivity index (χ0v) is 11.2. The van der Waals surface area contributed by atoms with Crippen molar-refractivity contribution in [1.29, 1.82) is 0 Å². The molecule has 0 aliphatic carbocycles. The number of nitrogens with one attached hydrogen (secondary N) is 1. The van der Waals surface area contributed by atoms with E-state index in [0.717, 1.165) is 0 Å². The molecule has 0 spiro atoms. The van der Waals surface area contributed by atoms with Crippen LogP contribution in [0.3, 0.4) is 0 Å². The molecule has 104 valence electrons. The Hall–Kier alpha value is -2.04. The number of carboxylic acid groups (broad SMARTS) is 1. The zero-order chi connectivity index (χ0) is 14.3. The van der Waals surface area contributed by atoms with Crippen molar-refractivity contribution in [2.75, 3.05) is 13.2 Å². The van der Waals surface area contributed by atoms with E-state index in [1.165, 1.54) is 0 Å². The number of carbonyl (C=O) groups excluding carboxylic acids is 1. The Morgan fingerprint density at radius 2 is 2.11 bits per heavy atom. The minimum atomic E-state index is -0.936. The monoisotopic (exact) mass is 265 g/mol. The number of aliphatic carboxylic acids is 1. The summed E-state index contributed by atoms with van der Waals surface area (Å²) in [6, 6.07) is 6.84. The Balaban J connectivity index is 2.55. The van der Waals surface area contributed by atoms with Crippen molar-refractivity contribution in [3.63, 3.8) is 0 Å². The lowest BCUT2D eigenvalue weighted by molar-refractivity contribution is -0.136. The molecule has 0 radical (unpaired) electrons. The van der Waals surface area contributed by atoms with E-state index < -0.39 is 5.97 Å². The Morgan fingerprint density at radius 1 is 1.37 bits per heavy atom. The smallest absolute Gasteiger partial charge is 0.305 e. The summed E-state index contributed by atoms with van der Waals surface area (Å²) in [5.41, 5.74) is 0.464. The topological polar surface area (TPSA) is 75.6 Å². The van der Waals surface area contributed by atoms with Crippen molar-refractivity contribution in [3.05, 3.63) is 29.8 Å². The molecule has 2 N–H and O–H groups in total. The van der Waals surface area contributed by atoms with E-state index in [0.29, 0.717) is 23.8 Å². The maximum atomic E-state index is 11.8. The average molecular weight is 265 g/mol. The van der Waals surface area contributed by atoms with Gasteiger partial charge < -0.3 is 15.2 Å². The molecule has 19 heavy (non-hydrogen) atoms. The third-order valence-corrected chi connectivity index (χ3v) is 2.30. The van der Waals surface area contributed by atoms with Crippen molar-refractivity contribution in [3.8, 4) is 5.75 Å². The fourth-order valence-corrected chi connectivity index (χ4v) is 1.38. The summed E-state index contributed by atoms with van der Waals surface area (Å²) in [5, 5.41) is 11.0. The van der Waals surface area contributed by atoms with Gasteiger partial charge in [0.2, 0.25) is 0 Å². The lowest BCUT2D eigenvalue weighted by Gasteiger charge is -2.10. The number of carboxylic acids is 1. The highest BCUT2D eigenvalue weighted by atomic mass is 16.5. The van der Waals surface area contributed by atoms with Gasteiger partial charge in [-0.3, -0.25) is 9.59 Å². The Bertz CT molecular complexity index is 443. The molecule has 0 saturated heterocycles. The van der Waals surface area contributed by atoms with Crippen molar-refractivity contribution in [2.24, 2.45) is 5.92 Å². The van der Waals surface area contributed by atoms with Crippen LogP contribution in [-0.2, 0) is 4.79 Å². The minimum absolute atomic E-state index is 0.0880. The van der Waals surface area contributed by atoms with Gasteiger partial charge in [0.15, 0.2) is 0 Å². The summed E-state index contributed by atoms with van der Waals surface area (Å²) in [7, 11) is 0. The second-order valence-electron chi connectivity index (χ2n) is 4.63. The Labute approximate surface area is 112 Å². The van der Waals surface area contributed by atoms with Crippen LogP contribution in [0.2, 0.25) is 0 Å². The van der Waals surface area contributed by atoms with Crippen LogP contribution in [0.1, 0.15) is 30.6 Å². The van der Waals surface area contributed by atoms with Gasteiger partial charge in [0.1, 0.15) is 5.75 Å². The van der Waals surface area contributed by atoms with Crippen LogP contribution in [0, 0.1) is 5.92 Å². The van der Waals surface area contributed by atoms with Crippen molar-refractivity contribution in [1.82, 2.24) is 5.32 Å². The second-order valence-corrected chi connectivity index (χ2v) is 4.63. The molecule has 0 aliphatic rings. The van der Waals surface area contributed by atoms with Gasteiger partial charge in [0, 0.05) is 12.1 Å². The molecule has 0 aromatic heterocycles. The molecule has 0 fully saturated rings. The largest absolute Gasteiger partial charge is 0.493 e. The van der Waals surface area contributed by atoms with Crippen LogP contribution < -0.4 is 10.1 Å². The van der Waals surface area contributed by atoms with Gasteiger partial charge in [0.05, 0.1) is 13.0 Å². The molecule has 0 aliphatic heterocycles. The van der Waals surface area contributed by atoms with Crippen LogP contribution in [0.15, 0.2) is 24.3 Å². The SMILES string of the molecule is CC(C)COc1cccc(C(=O)NCCC(=O)O)c1. The standard InChI is InChI=1S/C14H19NO4/c1-10(2)9-19-12-5-3-4-11(8-12)14(18)15-7-6-13(16)17/h3-5,8,10H,6-7,9H2,1-2H3,(H,15,18)(H,16,17). The van der Waals surface area contributed by atoms with Crippen LogP contribution in [0.25, 0.3) is 0 Å². The maximum absolute atomic E-state index is 11.8. The van der Waals surface area contributed by atoms with Gasteiger partial charge in [-0.1, -0.05) is 19.9 Å². The number of amides is 1. The van der Waals surface area contributed by atoms with Gasteiger partial charge in [-0.2, -0.15) is 0 Å². The van der Waals surface area contributed by atoms with Crippen LogP contribution in [0.4, 0.5) is 0 Å². The number of hydrogen-bond donors (Lipinski definition) is 2. The van der Waals surface area contributed by atoms with Crippen LogP contribution in [0.5, 0.6) is 5.75 Å². The number of carbonyl (C=O) groups is 2. The van der Waals surface area contributed by atoms with Gasteiger partial charge in [-0.05, 0) is 24.1 Å². The van der Waals surface area contributed by atoms with Crippen LogP contribution in [-0.4, -0.2) is 30.1 Å². The first-order valence-electron chi connectivity index (χ1n) is 6.22. The van der Waals surface area contributed by atoms with Crippen molar-refractivity contribution in [2.45, 2.75) is 20.3 Å². The van der Waals surface area contributed by atoms with Gasteiger partial charge in [-0.15, -0.1) is 0 Å². The minimum Gasteiger partial charge on any atom is -0.493 e. The van der Waals surface area contributed by atoms with E-state index in [4.69, 9.17) is 9.84 Å². The highest BCUT2D eigenvalue weighted by Gasteiger charge is 2.07. The number of benzene rings is 1. The maximum Gasteiger partial charge on any atom is 0.305 e. The Kier molecular flexibility index (Phi) is 5.85. The van der Waals surface area contributed by atoms with Gasteiger partial charge in [0.25, 0.3) is 5.91 Å². The second kappa shape index (κ2) is 7.41. The Morgan fingerprint density at radius 3 is 2.74 bits per heavy atom. The summed E-state index contributed by atoms with van der Waals surface area (Å²) in [5.74, 6) is -0.182. The van der Waals surface area contributed by atoms with Crippen LogP contribution >= 0.6 is 0 Å². The predicted octanol–water partition coefficient (Wildman–Crippen LogP) is 1.93. The fraction of sp³-hybridized carbons (Fsp3) is 0.429. The molecule has 1 aromatic rings. The fourth-order valence-electron chi connectivity index (χ4n) is 1.38. The lowest BCUT2D eigenvalue weighted by atomic mass is 10.2. The van der Waals surface area contributed by atoms with Crippen molar-refractivity contribution >= 4 is 11.9 Å². The first-order chi connectivity index (χ1) is 8.99. The molecule has 5 nitrogen and oxygen atoms in total. The molecule has 1 aromatic carbocycles. The first-order valence-corrected chi connectivity index (χ1v) is 6.22. The molecule has 5 heteroatoms. The lowest BCUT2D eigenvalue weighted by Crippen LogP contribution is -2.25. The van der Waals surface area contributed by atoms with E-state index in [1.54, 1.807) is 24.3 Å². The van der Waals surface area contributed by atoms with E-state index in [9.17, 15) is 9.59 Å². The quantitative estimate of drug-likeness (QED) is 0.789. The third kappa shape index (κ3) is 5.90. The summed E-state index contributed by atoms with van der Waals surface area (Å²) >= 11 is 0. The molecule has 0 atom stereocenters. The van der Waals surface area contributed by atoms with Crippen molar-refractivity contribution < 1.29 is 19.4 Å². The normalized spacial score (nSPS) is 10.3. The molecule has 0 bridgehead atoms. The highest BCUT2D eigenvalue weighted by Crippen LogP contribution is 2.14.